The molecule has 4 heterocycles. The van der Waals surface area contributed by atoms with E-state index in [2.05, 4.69) is 28.9 Å². The van der Waals surface area contributed by atoms with Gasteiger partial charge in [0.1, 0.15) is 17.3 Å². The number of carbonyl (C=O) groups is 2. The minimum atomic E-state index is -0.00526. The first kappa shape index (κ1) is 23.4. The van der Waals surface area contributed by atoms with Crippen molar-refractivity contribution >= 4 is 23.6 Å². The Morgan fingerprint density at radius 2 is 1.83 bits per heavy atom. The molecule has 3 aliphatic rings. The third-order valence-corrected chi connectivity index (χ3v) is 7.34. The van der Waals surface area contributed by atoms with Crippen molar-refractivity contribution in [2.45, 2.75) is 45.7 Å². The molecular formula is C26H34N6O3. The Labute approximate surface area is 206 Å². The van der Waals surface area contributed by atoms with Crippen molar-refractivity contribution in [3.8, 4) is 5.75 Å². The standard InChI is InChI=1S/C26H34N6O3/c1-4-11-31-17-21-23(25(31)34)27-26(30-15-13-29(14-16-30)18(2)33)28-24(21)32-12-5-6-22(32)19-7-9-20(35-3)10-8-19/h7-10,22H,4-6,11-17H2,1-3H3. The Balaban J connectivity index is 1.51. The third kappa shape index (κ3) is 4.39. The average molecular weight is 479 g/mol. The van der Waals surface area contributed by atoms with Crippen molar-refractivity contribution in [3.05, 3.63) is 41.1 Å². The second-order valence-electron chi connectivity index (χ2n) is 9.52. The van der Waals surface area contributed by atoms with Crippen LogP contribution in [0.15, 0.2) is 24.3 Å². The smallest absolute Gasteiger partial charge is 0.273 e. The van der Waals surface area contributed by atoms with Gasteiger partial charge in [0.25, 0.3) is 5.91 Å². The Hall–Kier alpha value is -3.36. The van der Waals surface area contributed by atoms with Crippen LogP contribution in [0.4, 0.5) is 11.8 Å². The number of piperazine rings is 1. The van der Waals surface area contributed by atoms with E-state index >= 15 is 0 Å². The molecule has 1 atom stereocenters. The minimum absolute atomic E-state index is 0.00526. The van der Waals surface area contributed by atoms with Crippen molar-refractivity contribution in [1.82, 2.24) is 19.8 Å². The van der Waals surface area contributed by atoms with Crippen LogP contribution in [0.5, 0.6) is 5.75 Å². The SMILES string of the molecule is CCCN1Cc2c(nc(N3CCN(C(C)=O)CC3)nc2N2CCCC2c2ccc(OC)cc2)C1=O. The van der Waals surface area contributed by atoms with Gasteiger partial charge in [-0.1, -0.05) is 19.1 Å². The molecule has 0 saturated carbocycles. The normalized spacial score (nSPS) is 20.0. The summed E-state index contributed by atoms with van der Waals surface area (Å²) in [6, 6.07) is 8.45. The van der Waals surface area contributed by atoms with Gasteiger partial charge in [-0.25, -0.2) is 4.98 Å². The van der Waals surface area contributed by atoms with E-state index in [-0.39, 0.29) is 17.9 Å². The Bertz CT molecular complexity index is 1100. The van der Waals surface area contributed by atoms with E-state index in [0.717, 1.165) is 42.9 Å². The fourth-order valence-electron chi connectivity index (χ4n) is 5.44. The number of anilines is 2. The summed E-state index contributed by atoms with van der Waals surface area (Å²) in [4.78, 5) is 43.2. The van der Waals surface area contributed by atoms with Crippen molar-refractivity contribution in [3.63, 3.8) is 0 Å². The molecule has 1 unspecified atom stereocenters. The molecule has 9 heteroatoms. The molecule has 5 rings (SSSR count). The monoisotopic (exact) mass is 478 g/mol. The van der Waals surface area contributed by atoms with Gasteiger partial charge in [0.05, 0.1) is 19.7 Å². The van der Waals surface area contributed by atoms with Gasteiger partial charge < -0.3 is 24.3 Å². The molecule has 0 bridgehead atoms. The number of fused-ring (bicyclic) bond motifs is 1. The van der Waals surface area contributed by atoms with Crippen LogP contribution in [0, 0.1) is 0 Å². The van der Waals surface area contributed by atoms with Gasteiger partial charge in [-0.2, -0.15) is 4.98 Å². The van der Waals surface area contributed by atoms with E-state index in [9.17, 15) is 9.59 Å². The molecule has 35 heavy (non-hydrogen) atoms. The molecule has 0 radical (unpaired) electrons. The second-order valence-corrected chi connectivity index (χ2v) is 9.52. The predicted molar refractivity (Wildman–Crippen MR) is 134 cm³/mol. The zero-order valence-electron chi connectivity index (χ0n) is 20.9. The molecule has 2 amide bonds. The predicted octanol–water partition coefficient (Wildman–Crippen LogP) is 2.86. The molecule has 2 saturated heterocycles. The molecule has 0 aliphatic carbocycles. The molecule has 2 aromatic rings. The summed E-state index contributed by atoms with van der Waals surface area (Å²) in [5, 5.41) is 0. The fraction of sp³-hybridized carbons (Fsp3) is 0.538. The summed E-state index contributed by atoms with van der Waals surface area (Å²) < 4.78 is 5.35. The van der Waals surface area contributed by atoms with Crippen LogP contribution in [0.1, 0.15) is 60.8 Å². The third-order valence-electron chi connectivity index (χ3n) is 7.34. The van der Waals surface area contributed by atoms with E-state index in [0.29, 0.717) is 50.9 Å². The summed E-state index contributed by atoms with van der Waals surface area (Å²) in [7, 11) is 1.68. The molecule has 3 aliphatic heterocycles. The lowest BCUT2D eigenvalue weighted by Crippen LogP contribution is -2.48. The zero-order chi connectivity index (χ0) is 24.5. The van der Waals surface area contributed by atoms with Crippen LogP contribution < -0.4 is 14.5 Å². The van der Waals surface area contributed by atoms with E-state index < -0.39 is 0 Å². The average Bonchev–Trinajstić information content (AvgIpc) is 3.49. The van der Waals surface area contributed by atoms with Crippen LogP contribution in [-0.2, 0) is 11.3 Å². The summed E-state index contributed by atoms with van der Waals surface area (Å²) in [6.07, 6.45) is 3.00. The van der Waals surface area contributed by atoms with Gasteiger partial charge in [-0.05, 0) is 37.0 Å². The molecular weight excluding hydrogens is 444 g/mol. The maximum absolute atomic E-state index is 13.3. The molecule has 0 spiro atoms. The van der Waals surface area contributed by atoms with Gasteiger partial charge in [-0.3, -0.25) is 9.59 Å². The highest BCUT2D eigenvalue weighted by Crippen LogP contribution is 2.40. The van der Waals surface area contributed by atoms with E-state index in [1.165, 1.54) is 5.56 Å². The molecule has 2 fully saturated rings. The number of nitrogens with zero attached hydrogens (tertiary/aromatic N) is 6. The topological polar surface area (TPSA) is 82.1 Å². The number of rotatable bonds is 6. The first-order chi connectivity index (χ1) is 17.0. The van der Waals surface area contributed by atoms with Gasteiger partial charge in [0, 0.05) is 51.8 Å². The molecule has 9 nitrogen and oxygen atoms in total. The van der Waals surface area contributed by atoms with Crippen LogP contribution in [0.25, 0.3) is 0 Å². The molecule has 1 aromatic carbocycles. The van der Waals surface area contributed by atoms with Crippen molar-refractivity contribution in [2.24, 2.45) is 0 Å². The van der Waals surface area contributed by atoms with Crippen LogP contribution in [0.2, 0.25) is 0 Å². The maximum Gasteiger partial charge on any atom is 0.273 e. The van der Waals surface area contributed by atoms with Gasteiger partial charge >= 0.3 is 0 Å². The zero-order valence-corrected chi connectivity index (χ0v) is 20.9. The van der Waals surface area contributed by atoms with Gasteiger partial charge in [-0.15, -0.1) is 0 Å². The number of hydrogen-bond acceptors (Lipinski definition) is 7. The van der Waals surface area contributed by atoms with Crippen LogP contribution >= 0.6 is 0 Å². The molecule has 1 aromatic heterocycles. The number of aromatic nitrogens is 2. The minimum Gasteiger partial charge on any atom is -0.497 e. The Morgan fingerprint density at radius 1 is 1.09 bits per heavy atom. The first-order valence-electron chi connectivity index (χ1n) is 12.6. The van der Waals surface area contributed by atoms with Crippen LogP contribution in [-0.4, -0.2) is 78.0 Å². The molecule has 186 valence electrons. The van der Waals surface area contributed by atoms with Gasteiger partial charge in [0.15, 0.2) is 0 Å². The lowest BCUT2D eigenvalue weighted by Gasteiger charge is -2.35. The first-order valence-corrected chi connectivity index (χ1v) is 12.6. The quantitative estimate of drug-likeness (QED) is 0.631. The molecule has 0 N–H and O–H groups in total. The largest absolute Gasteiger partial charge is 0.497 e. The number of hydrogen-bond donors (Lipinski definition) is 0. The van der Waals surface area contributed by atoms with E-state index in [1.807, 2.05) is 21.9 Å². The van der Waals surface area contributed by atoms with Crippen molar-refractivity contribution in [2.75, 3.05) is 56.2 Å². The number of methoxy groups -OCH3 is 1. The highest BCUT2D eigenvalue weighted by Gasteiger charge is 2.38. The second kappa shape index (κ2) is 9.71. The summed E-state index contributed by atoms with van der Waals surface area (Å²) in [5.74, 6) is 2.40. The Morgan fingerprint density at radius 3 is 2.49 bits per heavy atom. The number of carbonyl (C=O) groups excluding carboxylic acids is 2. The fourth-order valence-corrected chi connectivity index (χ4v) is 5.44. The van der Waals surface area contributed by atoms with Crippen molar-refractivity contribution in [1.29, 1.82) is 0 Å². The van der Waals surface area contributed by atoms with Crippen molar-refractivity contribution < 1.29 is 14.3 Å². The number of amides is 2. The highest BCUT2D eigenvalue weighted by molar-refractivity contribution is 5.98. The van der Waals surface area contributed by atoms with E-state index in [1.54, 1.807) is 14.0 Å². The van der Waals surface area contributed by atoms with Crippen LogP contribution in [0.3, 0.4) is 0 Å². The lowest BCUT2D eigenvalue weighted by molar-refractivity contribution is -0.129. The van der Waals surface area contributed by atoms with E-state index in [4.69, 9.17) is 14.7 Å². The maximum atomic E-state index is 13.3. The Kier molecular flexibility index (Phi) is 6.49. The highest BCUT2D eigenvalue weighted by atomic mass is 16.5. The summed E-state index contributed by atoms with van der Waals surface area (Å²) >= 11 is 0. The number of benzene rings is 1. The van der Waals surface area contributed by atoms with Gasteiger partial charge in [0.2, 0.25) is 11.9 Å². The number of ether oxygens (including phenoxy) is 1. The lowest BCUT2D eigenvalue weighted by atomic mass is 10.0. The summed E-state index contributed by atoms with van der Waals surface area (Å²) in [5.41, 5.74) is 2.70. The summed E-state index contributed by atoms with van der Waals surface area (Å²) in [6.45, 7) is 8.44.